The summed E-state index contributed by atoms with van der Waals surface area (Å²) >= 11 is 3.91. The Hall–Kier alpha value is -1.59. The van der Waals surface area contributed by atoms with Crippen molar-refractivity contribution < 1.29 is 14.3 Å². The van der Waals surface area contributed by atoms with Crippen LogP contribution < -0.4 is 9.47 Å². The highest BCUT2D eigenvalue weighted by atomic mass is 32.2. The van der Waals surface area contributed by atoms with Crippen LogP contribution in [0, 0.1) is 0 Å². The van der Waals surface area contributed by atoms with Crippen LogP contribution >= 0.6 is 23.5 Å². The molecule has 0 bridgehead atoms. The molecule has 3 nitrogen and oxygen atoms in total. The van der Waals surface area contributed by atoms with Gasteiger partial charge >= 0.3 is 5.97 Å². The van der Waals surface area contributed by atoms with Crippen LogP contribution in [0.25, 0.3) is 0 Å². The van der Waals surface area contributed by atoms with Crippen molar-refractivity contribution in [3.63, 3.8) is 0 Å². The minimum absolute atomic E-state index is 0.378. The number of methoxy groups -OCH3 is 1. The van der Waals surface area contributed by atoms with E-state index < -0.39 is 0 Å². The molecule has 0 aliphatic carbocycles. The van der Waals surface area contributed by atoms with E-state index in [2.05, 4.69) is 0 Å². The van der Waals surface area contributed by atoms with E-state index in [0.29, 0.717) is 21.6 Å². The average Bonchev–Trinajstić information content (AvgIpc) is 3.10. The van der Waals surface area contributed by atoms with E-state index in [1.807, 2.05) is 47.8 Å². The van der Waals surface area contributed by atoms with E-state index in [1.54, 1.807) is 31.4 Å². The molecule has 0 spiro atoms. The Kier molecular flexibility index (Phi) is 4.95. The van der Waals surface area contributed by atoms with E-state index in [0.717, 1.165) is 0 Å². The summed E-state index contributed by atoms with van der Waals surface area (Å²) in [6.07, 6.45) is 0. The van der Waals surface area contributed by atoms with Crippen LogP contribution in [-0.2, 0) is 0 Å². The molecule has 0 atom stereocenters. The summed E-state index contributed by atoms with van der Waals surface area (Å²) in [6.45, 7) is 0. The van der Waals surface area contributed by atoms with Crippen molar-refractivity contribution in [1.82, 2.24) is 0 Å². The van der Waals surface area contributed by atoms with Gasteiger partial charge in [-0.15, -0.1) is 23.5 Å². The van der Waals surface area contributed by atoms with Crippen LogP contribution in [0.1, 0.15) is 20.5 Å². The highest BCUT2D eigenvalue weighted by Gasteiger charge is 2.18. The van der Waals surface area contributed by atoms with Crippen LogP contribution in [0.5, 0.6) is 11.5 Å². The Labute approximate surface area is 138 Å². The molecule has 3 rings (SSSR count). The van der Waals surface area contributed by atoms with Crippen molar-refractivity contribution in [3.8, 4) is 11.5 Å². The summed E-state index contributed by atoms with van der Waals surface area (Å²) < 4.78 is 11.0. The van der Waals surface area contributed by atoms with E-state index in [1.165, 1.54) is 17.1 Å². The highest BCUT2D eigenvalue weighted by molar-refractivity contribution is 8.19. The van der Waals surface area contributed by atoms with Crippen molar-refractivity contribution in [2.75, 3.05) is 18.6 Å². The summed E-state index contributed by atoms with van der Waals surface area (Å²) in [5.74, 6) is 3.21. The van der Waals surface area contributed by atoms with Gasteiger partial charge in [0.1, 0.15) is 11.5 Å². The molecule has 1 heterocycles. The summed E-state index contributed by atoms with van der Waals surface area (Å²) in [4.78, 5) is 12.1. The lowest BCUT2D eigenvalue weighted by Crippen LogP contribution is -2.08. The predicted octanol–water partition coefficient (Wildman–Crippen LogP) is 4.39. The maximum atomic E-state index is 12.1. The van der Waals surface area contributed by atoms with Crippen LogP contribution in [0.2, 0.25) is 0 Å². The minimum atomic E-state index is -0.378. The first-order valence-electron chi connectivity index (χ1n) is 6.95. The molecule has 1 fully saturated rings. The largest absolute Gasteiger partial charge is 0.497 e. The van der Waals surface area contributed by atoms with Gasteiger partial charge in [0.05, 0.1) is 17.3 Å². The van der Waals surface area contributed by atoms with Crippen LogP contribution in [0.15, 0.2) is 48.5 Å². The summed E-state index contributed by atoms with van der Waals surface area (Å²) in [6, 6.07) is 14.7. The zero-order chi connectivity index (χ0) is 15.4. The number of esters is 1. The van der Waals surface area contributed by atoms with Crippen LogP contribution in [0.3, 0.4) is 0 Å². The molecule has 0 saturated carbocycles. The minimum Gasteiger partial charge on any atom is -0.497 e. The summed E-state index contributed by atoms with van der Waals surface area (Å²) in [5, 5.41) is 0. The van der Waals surface area contributed by atoms with Crippen molar-refractivity contribution in [2.24, 2.45) is 0 Å². The molecule has 0 aromatic heterocycles. The SMILES string of the molecule is COc1cccc(C(=O)Oc2ccc(C3SCCS3)cc2)c1. The first kappa shape index (κ1) is 15.3. The van der Waals surface area contributed by atoms with E-state index >= 15 is 0 Å². The molecular weight excluding hydrogens is 316 g/mol. The molecular formula is C17H16O3S2. The van der Waals surface area contributed by atoms with Gasteiger partial charge in [-0.2, -0.15) is 0 Å². The summed E-state index contributed by atoms with van der Waals surface area (Å²) in [5.41, 5.74) is 1.75. The molecule has 0 N–H and O–H groups in total. The Balaban J connectivity index is 1.68. The topological polar surface area (TPSA) is 35.5 Å². The van der Waals surface area contributed by atoms with Crippen molar-refractivity contribution >= 4 is 29.5 Å². The van der Waals surface area contributed by atoms with E-state index in [4.69, 9.17) is 9.47 Å². The third kappa shape index (κ3) is 3.59. The second-order valence-electron chi connectivity index (χ2n) is 4.76. The lowest BCUT2D eigenvalue weighted by Gasteiger charge is -2.10. The Bertz CT molecular complexity index is 649. The number of ether oxygens (including phenoxy) is 2. The van der Waals surface area contributed by atoms with E-state index in [-0.39, 0.29) is 5.97 Å². The first-order valence-corrected chi connectivity index (χ1v) is 9.05. The van der Waals surface area contributed by atoms with Crippen LogP contribution in [-0.4, -0.2) is 24.6 Å². The van der Waals surface area contributed by atoms with Crippen molar-refractivity contribution in [2.45, 2.75) is 4.58 Å². The Morgan fingerprint density at radius 2 is 1.77 bits per heavy atom. The van der Waals surface area contributed by atoms with Crippen molar-refractivity contribution in [3.05, 3.63) is 59.7 Å². The second-order valence-corrected chi connectivity index (χ2v) is 7.49. The average molecular weight is 332 g/mol. The Morgan fingerprint density at radius 3 is 2.45 bits per heavy atom. The molecule has 5 heteroatoms. The molecule has 1 saturated heterocycles. The van der Waals surface area contributed by atoms with Gasteiger partial charge in [-0.3, -0.25) is 0 Å². The predicted molar refractivity (Wildman–Crippen MR) is 92.1 cm³/mol. The number of thioether (sulfide) groups is 2. The van der Waals surface area contributed by atoms with Gasteiger partial charge in [-0.25, -0.2) is 4.79 Å². The molecule has 0 radical (unpaired) electrons. The quantitative estimate of drug-likeness (QED) is 0.613. The smallest absolute Gasteiger partial charge is 0.343 e. The number of carbonyl (C=O) groups excluding carboxylic acids is 1. The molecule has 0 amide bonds. The molecule has 1 aliphatic rings. The summed E-state index contributed by atoms with van der Waals surface area (Å²) in [7, 11) is 1.57. The maximum absolute atomic E-state index is 12.1. The second kappa shape index (κ2) is 7.11. The third-order valence-electron chi connectivity index (χ3n) is 3.29. The fourth-order valence-corrected chi connectivity index (χ4v) is 5.02. The lowest BCUT2D eigenvalue weighted by atomic mass is 10.2. The van der Waals surface area contributed by atoms with Gasteiger partial charge in [0.15, 0.2) is 0 Å². The fourth-order valence-electron chi connectivity index (χ4n) is 2.16. The molecule has 2 aromatic carbocycles. The molecule has 1 aliphatic heterocycles. The van der Waals surface area contributed by atoms with Gasteiger partial charge in [0, 0.05) is 11.5 Å². The third-order valence-corrected chi connectivity index (χ3v) is 6.39. The zero-order valence-corrected chi connectivity index (χ0v) is 13.8. The zero-order valence-electron chi connectivity index (χ0n) is 12.2. The highest BCUT2D eigenvalue weighted by Crippen LogP contribution is 2.45. The standard InChI is InChI=1S/C17H16O3S2/c1-19-15-4-2-3-13(11-15)16(18)20-14-7-5-12(6-8-14)17-21-9-10-22-17/h2-8,11,17H,9-10H2,1H3. The molecule has 0 unspecified atom stereocenters. The van der Waals surface area contributed by atoms with Gasteiger partial charge in [-0.05, 0) is 35.9 Å². The first-order chi connectivity index (χ1) is 10.8. The number of rotatable bonds is 4. The normalized spacial score (nSPS) is 14.8. The van der Waals surface area contributed by atoms with E-state index in [9.17, 15) is 4.79 Å². The maximum Gasteiger partial charge on any atom is 0.343 e. The monoisotopic (exact) mass is 332 g/mol. The Morgan fingerprint density at radius 1 is 1.05 bits per heavy atom. The fraction of sp³-hybridized carbons (Fsp3) is 0.235. The van der Waals surface area contributed by atoms with Gasteiger partial charge in [0.25, 0.3) is 0 Å². The van der Waals surface area contributed by atoms with Crippen LogP contribution in [0.4, 0.5) is 0 Å². The van der Waals surface area contributed by atoms with Gasteiger partial charge in [-0.1, -0.05) is 18.2 Å². The number of hydrogen-bond acceptors (Lipinski definition) is 5. The number of benzene rings is 2. The molecule has 22 heavy (non-hydrogen) atoms. The van der Waals surface area contributed by atoms with Gasteiger partial charge in [0.2, 0.25) is 0 Å². The lowest BCUT2D eigenvalue weighted by molar-refractivity contribution is 0.0734. The molecule has 114 valence electrons. The van der Waals surface area contributed by atoms with Gasteiger partial charge < -0.3 is 9.47 Å². The number of hydrogen-bond donors (Lipinski definition) is 0. The molecule has 2 aromatic rings. The number of carbonyl (C=O) groups is 1. The van der Waals surface area contributed by atoms with Crippen molar-refractivity contribution in [1.29, 1.82) is 0 Å².